The summed E-state index contributed by atoms with van der Waals surface area (Å²) in [5.41, 5.74) is 4.96. The Hall–Kier alpha value is -1.47. The van der Waals surface area contributed by atoms with Crippen LogP contribution in [0.2, 0.25) is 0 Å². The van der Waals surface area contributed by atoms with Crippen molar-refractivity contribution in [1.82, 2.24) is 15.5 Å². The lowest BCUT2D eigenvalue weighted by Gasteiger charge is -1.96. The smallest absolute Gasteiger partial charge is 0.240 e. The van der Waals surface area contributed by atoms with Gasteiger partial charge < -0.3 is 15.0 Å². The molecule has 3 N–H and O–H groups in total. The van der Waals surface area contributed by atoms with Crippen LogP contribution in [0.4, 0.5) is 0 Å². The van der Waals surface area contributed by atoms with E-state index in [0.717, 1.165) is 0 Å². The van der Waals surface area contributed by atoms with Crippen molar-refractivity contribution >= 4 is 5.91 Å². The monoisotopic (exact) mass is 228 g/mol. The first kappa shape index (κ1) is 12.6. The minimum atomic E-state index is -0.420. The molecular formula is C9H16N4O3. The van der Waals surface area contributed by atoms with Gasteiger partial charge in [-0.15, -0.1) is 0 Å². The van der Waals surface area contributed by atoms with Crippen LogP contribution in [0.5, 0.6) is 0 Å². The number of carbonyl (C=O) groups excluding carboxylic acids is 1. The van der Waals surface area contributed by atoms with Crippen LogP contribution < -0.4 is 11.1 Å². The zero-order valence-corrected chi connectivity index (χ0v) is 9.23. The molecular weight excluding hydrogens is 212 g/mol. The van der Waals surface area contributed by atoms with Crippen molar-refractivity contribution in [2.45, 2.75) is 19.9 Å². The molecule has 0 aliphatic rings. The molecule has 7 heteroatoms. The fourth-order valence-corrected chi connectivity index (χ4v) is 1.06. The number of nitrogens with two attached hydrogens (primary N) is 1. The summed E-state index contributed by atoms with van der Waals surface area (Å²) in [6.45, 7) is 3.60. The maximum Gasteiger partial charge on any atom is 0.240 e. The zero-order valence-electron chi connectivity index (χ0n) is 9.23. The molecule has 90 valence electrons. The number of nitrogens with one attached hydrogen (secondary N) is 1. The Bertz CT molecular complexity index is 326. The van der Waals surface area contributed by atoms with Gasteiger partial charge in [-0.3, -0.25) is 10.1 Å². The summed E-state index contributed by atoms with van der Waals surface area (Å²) in [6, 6.07) is 0. The number of ether oxygens (including phenoxy) is 1. The maximum absolute atomic E-state index is 10.4. The third-order valence-electron chi connectivity index (χ3n) is 1.76. The van der Waals surface area contributed by atoms with Crippen LogP contribution in [0.1, 0.15) is 18.6 Å². The van der Waals surface area contributed by atoms with Gasteiger partial charge in [-0.05, 0) is 6.92 Å². The third kappa shape index (κ3) is 4.85. The lowest BCUT2D eigenvalue weighted by Crippen LogP contribution is -2.28. The molecule has 0 aromatic carbocycles. The summed E-state index contributed by atoms with van der Waals surface area (Å²) in [5, 5.41) is 6.54. The normalized spacial score (nSPS) is 10.6. The van der Waals surface area contributed by atoms with Crippen LogP contribution in [0.3, 0.4) is 0 Å². The Morgan fingerprint density at radius 3 is 3.12 bits per heavy atom. The van der Waals surface area contributed by atoms with E-state index < -0.39 is 5.91 Å². The highest BCUT2D eigenvalue weighted by atomic mass is 16.5. The minimum absolute atomic E-state index is 0.0939. The molecule has 1 rings (SSSR count). The van der Waals surface area contributed by atoms with Crippen molar-refractivity contribution in [3.8, 4) is 0 Å². The van der Waals surface area contributed by atoms with Crippen molar-refractivity contribution in [1.29, 1.82) is 0 Å². The Morgan fingerprint density at radius 2 is 2.44 bits per heavy atom. The second-order valence-corrected chi connectivity index (χ2v) is 3.12. The quantitative estimate of drug-likeness (QED) is 0.566. The topological polar surface area (TPSA) is 103 Å². The highest BCUT2D eigenvalue weighted by molar-refractivity contribution is 5.75. The van der Waals surface area contributed by atoms with Gasteiger partial charge in [0.05, 0.1) is 19.7 Å². The van der Waals surface area contributed by atoms with Gasteiger partial charge in [-0.1, -0.05) is 5.16 Å². The average molecular weight is 228 g/mol. The molecule has 0 aliphatic heterocycles. The van der Waals surface area contributed by atoms with E-state index in [0.29, 0.717) is 37.9 Å². The number of hydrogen-bond acceptors (Lipinski definition) is 6. The van der Waals surface area contributed by atoms with Crippen LogP contribution in [0.15, 0.2) is 4.52 Å². The molecule has 1 amide bonds. The van der Waals surface area contributed by atoms with E-state index in [-0.39, 0.29) is 6.54 Å². The van der Waals surface area contributed by atoms with E-state index in [1.54, 1.807) is 0 Å². The molecule has 0 radical (unpaired) electrons. The van der Waals surface area contributed by atoms with E-state index in [1.807, 2.05) is 6.92 Å². The molecule has 0 saturated carbocycles. The number of rotatable bonds is 8. The molecule has 0 atom stereocenters. The molecule has 0 aliphatic carbocycles. The summed E-state index contributed by atoms with van der Waals surface area (Å²) in [6.07, 6.45) is 0.618. The van der Waals surface area contributed by atoms with E-state index in [2.05, 4.69) is 15.5 Å². The zero-order chi connectivity index (χ0) is 11.8. The fourth-order valence-electron chi connectivity index (χ4n) is 1.06. The van der Waals surface area contributed by atoms with Crippen LogP contribution in [0, 0.1) is 0 Å². The van der Waals surface area contributed by atoms with Crippen molar-refractivity contribution in [3.05, 3.63) is 11.7 Å². The van der Waals surface area contributed by atoms with Crippen molar-refractivity contribution in [2.75, 3.05) is 19.8 Å². The maximum atomic E-state index is 10.4. The number of nitrogens with zero attached hydrogens (tertiary/aromatic N) is 2. The lowest BCUT2D eigenvalue weighted by atomic mass is 10.4. The molecule has 1 heterocycles. The minimum Gasteiger partial charge on any atom is -0.381 e. The summed E-state index contributed by atoms with van der Waals surface area (Å²) in [7, 11) is 0. The van der Waals surface area contributed by atoms with E-state index >= 15 is 0 Å². The number of primary amides is 1. The van der Waals surface area contributed by atoms with E-state index in [1.165, 1.54) is 0 Å². The largest absolute Gasteiger partial charge is 0.381 e. The van der Waals surface area contributed by atoms with Gasteiger partial charge in [0.25, 0.3) is 0 Å². The highest BCUT2D eigenvalue weighted by Gasteiger charge is 2.05. The standard InChI is InChI=1S/C9H16N4O3/c1-2-15-4-3-8-12-9(16-13-8)6-11-5-7(10)14/h11H,2-6H2,1H3,(H2,10,14). The average Bonchev–Trinajstić information content (AvgIpc) is 2.66. The Labute approximate surface area is 93.3 Å². The summed E-state index contributed by atoms with van der Waals surface area (Å²) in [4.78, 5) is 14.6. The SMILES string of the molecule is CCOCCc1noc(CNCC(N)=O)n1. The molecule has 0 fully saturated rings. The summed E-state index contributed by atoms with van der Waals surface area (Å²) < 4.78 is 10.1. The lowest BCUT2D eigenvalue weighted by molar-refractivity contribution is -0.117. The second-order valence-electron chi connectivity index (χ2n) is 3.12. The van der Waals surface area contributed by atoms with Gasteiger partial charge in [0.1, 0.15) is 0 Å². The van der Waals surface area contributed by atoms with Gasteiger partial charge in [-0.2, -0.15) is 4.98 Å². The molecule has 0 spiro atoms. The number of carbonyl (C=O) groups is 1. The van der Waals surface area contributed by atoms with Crippen LogP contribution in [-0.4, -0.2) is 35.8 Å². The molecule has 1 aromatic heterocycles. The van der Waals surface area contributed by atoms with Crippen LogP contribution in [0.25, 0.3) is 0 Å². The van der Waals surface area contributed by atoms with Gasteiger partial charge >= 0.3 is 0 Å². The van der Waals surface area contributed by atoms with Gasteiger partial charge in [-0.25, -0.2) is 0 Å². The molecule has 16 heavy (non-hydrogen) atoms. The van der Waals surface area contributed by atoms with Gasteiger partial charge in [0, 0.05) is 13.0 Å². The first-order valence-corrected chi connectivity index (χ1v) is 5.10. The summed E-state index contributed by atoms with van der Waals surface area (Å²) in [5.74, 6) is 0.619. The van der Waals surface area contributed by atoms with Crippen molar-refractivity contribution < 1.29 is 14.1 Å². The predicted octanol–water partition coefficient (Wildman–Crippen LogP) is -0.776. The molecule has 1 aromatic rings. The first-order chi connectivity index (χ1) is 7.72. The van der Waals surface area contributed by atoms with Crippen molar-refractivity contribution in [3.63, 3.8) is 0 Å². The second kappa shape index (κ2) is 6.91. The Balaban J connectivity index is 2.25. The number of amides is 1. The predicted molar refractivity (Wildman–Crippen MR) is 55.4 cm³/mol. The van der Waals surface area contributed by atoms with Crippen LogP contribution in [-0.2, 0) is 22.5 Å². The number of aromatic nitrogens is 2. The Kier molecular flexibility index (Phi) is 5.44. The molecule has 0 unspecified atom stereocenters. The van der Waals surface area contributed by atoms with E-state index in [4.69, 9.17) is 15.0 Å². The highest BCUT2D eigenvalue weighted by Crippen LogP contribution is 1.98. The first-order valence-electron chi connectivity index (χ1n) is 5.10. The molecule has 7 nitrogen and oxygen atoms in total. The molecule has 0 bridgehead atoms. The summed E-state index contributed by atoms with van der Waals surface area (Å²) >= 11 is 0. The Morgan fingerprint density at radius 1 is 1.62 bits per heavy atom. The van der Waals surface area contributed by atoms with Gasteiger partial charge in [0.2, 0.25) is 11.8 Å². The third-order valence-corrected chi connectivity index (χ3v) is 1.76. The van der Waals surface area contributed by atoms with E-state index in [9.17, 15) is 4.79 Å². The van der Waals surface area contributed by atoms with Gasteiger partial charge in [0.15, 0.2) is 5.82 Å². The van der Waals surface area contributed by atoms with Crippen LogP contribution >= 0.6 is 0 Å². The van der Waals surface area contributed by atoms with Crippen molar-refractivity contribution in [2.24, 2.45) is 5.73 Å². The number of hydrogen-bond donors (Lipinski definition) is 2. The fraction of sp³-hybridized carbons (Fsp3) is 0.667. The molecule has 0 saturated heterocycles.